The monoisotopic (exact) mass is 405 g/mol. The average molecular weight is 405 g/mol. The standard InChI is InChI=1S/C19H23N3O5S/c1-13-18(11-17(19(24)25)22(13)10-8-20-14(2)23)28(26,27)21-9-7-15-5-3-4-6-16(15)12-21/h3-6,11H,7-10,12H2,1-2H3,(H,20,23)(H,24,25). The molecule has 0 radical (unpaired) electrons. The first-order valence-electron chi connectivity index (χ1n) is 8.96. The number of carboxylic acids is 1. The largest absolute Gasteiger partial charge is 0.477 e. The third-order valence-corrected chi connectivity index (χ3v) is 6.92. The molecule has 150 valence electrons. The van der Waals surface area contributed by atoms with Gasteiger partial charge in [0.15, 0.2) is 0 Å². The molecule has 1 aliphatic rings. The molecule has 9 heteroatoms. The average Bonchev–Trinajstić information content (AvgIpc) is 2.98. The van der Waals surface area contributed by atoms with Crippen molar-refractivity contribution in [1.29, 1.82) is 0 Å². The lowest BCUT2D eigenvalue weighted by Crippen LogP contribution is -2.36. The summed E-state index contributed by atoms with van der Waals surface area (Å²) in [6.45, 7) is 3.94. The van der Waals surface area contributed by atoms with Crippen LogP contribution in [0, 0.1) is 6.92 Å². The van der Waals surface area contributed by atoms with Gasteiger partial charge in [0.25, 0.3) is 0 Å². The molecule has 0 fully saturated rings. The summed E-state index contributed by atoms with van der Waals surface area (Å²) < 4.78 is 29.3. The summed E-state index contributed by atoms with van der Waals surface area (Å²) in [5, 5.41) is 12.1. The van der Waals surface area contributed by atoms with Crippen molar-refractivity contribution in [3.05, 3.63) is 52.8 Å². The van der Waals surface area contributed by atoms with E-state index >= 15 is 0 Å². The van der Waals surface area contributed by atoms with E-state index in [1.165, 1.54) is 21.9 Å². The van der Waals surface area contributed by atoms with Crippen molar-refractivity contribution in [1.82, 2.24) is 14.2 Å². The fraction of sp³-hybridized carbons (Fsp3) is 0.368. The molecule has 1 aromatic heterocycles. The Hall–Kier alpha value is -2.65. The first kappa shape index (κ1) is 20.1. The highest BCUT2D eigenvalue weighted by Crippen LogP contribution is 2.28. The van der Waals surface area contributed by atoms with E-state index in [4.69, 9.17) is 0 Å². The Morgan fingerprint density at radius 3 is 2.54 bits per heavy atom. The number of aromatic carboxylic acids is 1. The van der Waals surface area contributed by atoms with Crippen molar-refractivity contribution in [2.24, 2.45) is 0 Å². The van der Waals surface area contributed by atoms with Crippen molar-refractivity contribution in [2.45, 2.75) is 38.3 Å². The molecule has 1 aromatic carbocycles. The van der Waals surface area contributed by atoms with Crippen LogP contribution in [-0.4, -0.2) is 47.4 Å². The Morgan fingerprint density at radius 2 is 1.89 bits per heavy atom. The second-order valence-electron chi connectivity index (χ2n) is 6.78. The fourth-order valence-electron chi connectivity index (χ4n) is 3.50. The second kappa shape index (κ2) is 7.76. The highest BCUT2D eigenvalue weighted by atomic mass is 32.2. The van der Waals surface area contributed by atoms with Crippen LogP contribution in [-0.2, 0) is 34.3 Å². The molecule has 1 aliphatic heterocycles. The third kappa shape index (κ3) is 3.81. The van der Waals surface area contributed by atoms with Gasteiger partial charge in [0, 0.05) is 38.8 Å². The van der Waals surface area contributed by atoms with Crippen molar-refractivity contribution >= 4 is 21.9 Å². The normalized spacial score (nSPS) is 14.5. The van der Waals surface area contributed by atoms with E-state index in [2.05, 4.69) is 5.32 Å². The van der Waals surface area contributed by atoms with Gasteiger partial charge < -0.3 is 15.0 Å². The Labute approximate surface area is 163 Å². The lowest BCUT2D eigenvalue weighted by atomic mass is 10.0. The molecule has 0 saturated carbocycles. The number of rotatable bonds is 6. The van der Waals surface area contributed by atoms with E-state index < -0.39 is 16.0 Å². The topological polar surface area (TPSA) is 109 Å². The zero-order chi connectivity index (χ0) is 20.5. The minimum absolute atomic E-state index is 0.00731. The number of nitrogens with one attached hydrogen (secondary N) is 1. The molecule has 2 aromatic rings. The van der Waals surface area contributed by atoms with E-state index in [1.54, 1.807) is 6.92 Å². The van der Waals surface area contributed by atoms with Crippen LogP contribution in [0.4, 0.5) is 0 Å². The van der Waals surface area contributed by atoms with Gasteiger partial charge >= 0.3 is 5.97 Å². The first-order valence-corrected chi connectivity index (χ1v) is 10.4. The Balaban J connectivity index is 1.94. The minimum atomic E-state index is -3.85. The third-order valence-electron chi connectivity index (χ3n) is 4.96. The number of aromatic nitrogens is 1. The van der Waals surface area contributed by atoms with Crippen molar-refractivity contribution in [3.8, 4) is 0 Å². The van der Waals surface area contributed by atoms with Gasteiger partial charge in [0.05, 0.1) is 0 Å². The number of carboxylic acid groups (broad SMARTS) is 1. The maximum atomic E-state index is 13.2. The first-order chi connectivity index (χ1) is 13.2. The van der Waals surface area contributed by atoms with Gasteiger partial charge in [0.1, 0.15) is 10.6 Å². The predicted octanol–water partition coefficient (Wildman–Crippen LogP) is 1.38. The van der Waals surface area contributed by atoms with E-state index in [9.17, 15) is 23.1 Å². The van der Waals surface area contributed by atoms with Gasteiger partial charge in [-0.3, -0.25) is 4.79 Å². The summed E-state index contributed by atoms with van der Waals surface area (Å²) in [5.74, 6) is -1.45. The number of amides is 1. The van der Waals surface area contributed by atoms with E-state index in [0.29, 0.717) is 18.7 Å². The van der Waals surface area contributed by atoms with Crippen molar-refractivity contribution in [3.63, 3.8) is 0 Å². The van der Waals surface area contributed by atoms with Crippen LogP contribution in [0.1, 0.15) is 34.2 Å². The highest BCUT2D eigenvalue weighted by molar-refractivity contribution is 7.89. The van der Waals surface area contributed by atoms with Crippen LogP contribution in [0.25, 0.3) is 0 Å². The molecule has 8 nitrogen and oxygen atoms in total. The van der Waals surface area contributed by atoms with Crippen LogP contribution in [0.3, 0.4) is 0 Å². The minimum Gasteiger partial charge on any atom is -0.477 e. The van der Waals surface area contributed by atoms with E-state index in [1.807, 2.05) is 24.3 Å². The van der Waals surface area contributed by atoms with Gasteiger partial charge in [-0.05, 0) is 30.5 Å². The molecule has 0 saturated heterocycles. The molecule has 0 atom stereocenters. The summed E-state index contributed by atoms with van der Waals surface area (Å²) in [6.07, 6.45) is 0.615. The van der Waals surface area contributed by atoms with E-state index in [0.717, 1.165) is 11.1 Å². The number of nitrogens with zero attached hydrogens (tertiary/aromatic N) is 2. The second-order valence-corrected chi connectivity index (χ2v) is 8.68. The van der Waals surface area contributed by atoms with Crippen molar-refractivity contribution in [2.75, 3.05) is 13.1 Å². The Kier molecular flexibility index (Phi) is 5.57. The SMILES string of the molecule is CC(=O)NCCn1c(C(=O)O)cc(S(=O)(=O)N2CCc3ccccc3C2)c1C. The summed E-state index contributed by atoms with van der Waals surface area (Å²) in [6, 6.07) is 8.92. The molecule has 3 rings (SSSR count). The molecule has 0 bridgehead atoms. The summed E-state index contributed by atoms with van der Waals surface area (Å²) in [5.41, 5.74) is 2.32. The van der Waals surface area contributed by atoms with Gasteiger partial charge in [-0.25, -0.2) is 13.2 Å². The van der Waals surface area contributed by atoms with Crippen LogP contribution in [0.5, 0.6) is 0 Å². The highest BCUT2D eigenvalue weighted by Gasteiger charge is 2.32. The van der Waals surface area contributed by atoms with Crippen LogP contribution in [0.15, 0.2) is 35.2 Å². The molecular formula is C19H23N3O5S. The Morgan fingerprint density at radius 1 is 1.21 bits per heavy atom. The van der Waals surface area contributed by atoms with Crippen molar-refractivity contribution < 1.29 is 23.1 Å². The number of hydrogen-bond acceptors (Lipinski definition) is 4. The number of hydrogen-bond donors (Lipinski definition) is 2. The van der Waals surface area contributed by atoms with Gasteiger partial charge in [-0.15, -0.1) is 0 Å². The van der Waals surface area contributed by atoms with Gasteiger partial charge in [-0.1, -0.05) is 24.3 Å². The van der Waals surface area contributed by atoms with Crippen LogP contribution >= 0.6 is 0 Å². The van der Waals surface area contributed by atoms with Gasteiger partial charge in [0.2, 0.25) is 15.9 Å². The molecule has 2 heterocycles. The number of benzene rings is 1. The zero-order valence-electron chi connectivity index (χ0n) is 15.8. The number of carbonyl (C=O) groups is 2. The number of fused-ring (bicyclic) bond motifs is 1. The number of carbonyl (C=O) groups excluding carboxylic acids is 1. The maximum absolute atomic E-state index is 13.2. The molecule has 0 unspecified atom stereocenters. The smallest absolute Gasteiger partial charge is 0.352 e. The lowest BCUT2D eigenvalue weighted by Gasteiger charge is -2.28. The predicted molar refractivity (Wildman–Crippen MR) is 103 cm³/mol. The molecule has 2 N–H and O–H groups in total. The summed E-state index contributed by atoms with van der Waals surface area (Å²) in [4.78, 5) is 22.7. The van der Waals surface area contributed by atoms with Gasteiger partial charge in [-0.2, -0.15) is 4.31 Å². The molecule has 1 amide bonds. The molecule has 0 aliphatic carbocycles. The lowest BCUT2D eigenvalue weighted by molar-refractivity contribution is -0.118. The quantitative estimate of drug-likeness (QED) is 0.755. The zero-order valence-corrected chi connectivity index (χ0v) is 16.6. The molecular weight excluding hydrogens is 382 g/mol. The van der Waals surface area contributed by atoms with Crippen LogP contribution < -0.4 is 5.32 Å². The number of sulfonamides is 1. The maximum Gasteiger partial charge on any atom is 0.352 e. The van der Waals surface area contributed by atoms with E-state index in [-0.39, 0.29) is 36.1 Å². The fourth-order valence-corrected chi connectivity index (χ4v) is 5.17. The molecule has 0 spiro atoms. The van der Waals surface area contributed by atoms with Crippen LogP contribution in [0.2, 0.25) is 0 Å². The Bertz CT molecular complexity index is 1030. The molecule has 28 heavy (non-hydrogen) atoms. The summed E-state index contributed by atoms with van der Waals surface area (Å²) in [7, 11) is -3.85. The summed E-state index contributed by atoms with van der Waals surface area (Å²) >= 11 is 0.